The Hall–Kier alpha value is -0.250. The Morgan fingerprint density at radius 2 is 1.09 bits per heavy atom. The van der Waals surface area contributed by atoms with Crippen LogP contribution in [0.4, 0.5) is 35.1 Å². The number of rotatable bonds is 5. The molecule has 35 heavy (non-hydrogen) atoms. The molecule has 10 heteroatoms. The van der Waals surface area contributed by atoms with Gasteiger partial charge in [0.1, 0.15) is 36.8 Å². The Balaban J connectivity index is 1.32. The number of alkyl halides is 8. The van der Waals surface area contributed by atoms with E-state index in [2.05, 4.69) is 17.4 Å². The van der Waals surface area contributed by atoms with Crippen LogP contribution in [-0.4, -0.2) is 54.5 Å². The van der Waals surface area contributed by atoms with Crippen molar-refractivity contribution in [3.8, 4) is 0 Å². The maximum atomic E-state index is 15.2. The van der Waals surface area contributed by atoms with Gasteiger partial charge in [-0.1, -0.05) is 0 Å². The molecule has 7 unspecified atom stereocenters. The van der Waals surface area contributed by atoms with Gasteiger partial charge in [0, 0.05) is 18.1 Å². The molecular formula is C25H36F8OS. The van der Waals surface area contributed by atoms with Crippen molar-refractivity contribution in [1.29, 1.82) is 0 Å². The summed E-state index contributed by atoms with van der Waals surface area (Å²) in [6.45, 7) is 0. The largest absolute Gasteiger partial charge is 0.364 e. The maximum Gasteiger partial charge on any atom is 0.364 e. The van der Waals surface area contributed by atoms with E-state index in [1.165, 1.54) is 0 Å². The fraction of sp³-hybridized carbons (Fsp3) is 1.00. The molecule has 4 aliphatic carbocycles. The standard InChI is InChI=1S/C25H36F8OS/c26-18-7-13(12-1-4-16(35)5-2-12)3-6-17(18)14-8-19(27)23(20(28)9-14)25(32,33)34-15-10-21(29)24(31)22(30)11-15/h12-24,35H,1-11H2. The van der Waals surface area contributed by atoms with Gasteiger partial charge in [0.05, 0.1) is 6.10 Å². The molecule has 0 radical (unpaired) electrons. The molecule has 0 aromatic heterocycles. The van der Waals surface area contributed by atoms with Crippen molar-refractivity contribution < 1.29 is 39.9 Å². The zero-order valence-electron chi connectivity index (χ0n) is 19.7. The lowest BCUT2D eigenvalue weighted by atomic mass is 9.64. The summed E-state index contributed by atoms with van der Waals surface area (Å²) < 4.78 is 120. The Morgan fingerprint density at radius 1 is 0.571 bits per heavy atom. The molecule has 0 spiro atoms. The van der Waals surface area contributed by atoms with Crippen LogP contribution in [0.5, 0.6) is 0 Å². The monoisotopic (exact) mass is 536 g/mol. The number of hydrogen-bond acceptors (Lipinski definition) is 2. The van der Waals surface area contributed by atoms with Crippen molar-refractivity contribution in [2.45, 2.75) is 125 Å². The molecule has 4 saturated carbocycles. The lowest BCUT2D eigenvalue weighted by molar-refractivity contribution is -0.323. The Labute approximate surface area is 207 Å². The van der Waals surface area contributed by atoms with Crippen molar-refractivity contribution >= 4 is 12.6 Å². The van der Waals surface area contributed by atoms with Crippen LogP contribution in [0.15, 0.2) is 0 Å². The highest BCUT2D eigenvalue weighted by Crippen LogP contribution is 2.50. The predicted molar refractivity (Wildman–Crippen MR) is 120 cm³/mol. The molecule has 0 saturated heterocycles. The fourth-order valence-corrected chi connectivity index (χ4v) is 7.45. The summed E-state index contributed by atoms with van der Waals surface area (Å²) in [7, 11) is 0. The molecule has 4 aliphatic rings. The summed E-state index contributed by atoms with van der Waals surface area (Å²) in [4.78, 5) is 0. The van der Waals surface area contributed by atoms with Gasteiger partial charge in [-0.05, 0) is 81.5 Å². The number of hydrogen-bond donors (Lipinski definition) is 1. The summed E-state index contributed by atoms with van der Waals surface area (Å²) in [5, 5.41) is 0.388. The van der Waals surface area contributed by atoms with Crippen LogP contribution in [0.25, 0.3) is 0 Å². The van der Waals surface area contributed by atoms with Crippen LogP contribution < -0.4 is 0 Å². The predicted octanol–water partition coefficient (Wildman–Crippen LogP) is 7.72. The van der Waals surface area contributed by atoms with Gasteiger partial charge < -0.3 is 4.74 Å². The minimum absolute atomic E-state index is 0.233. The van der Waals surface area contributed by atoms with E-state index in [4.69, 9.17) is 0 Å². The van der Waals surface area contributed by atoms with Crippen molar-refractivity contribution in [2.75, 3.05) is 0 Å². The van der Waals surface area contributed by atoms with Gasteiger partial charge in [0.2, 0.25) is 0 Å². The van der Waals surface area contributed by atoms with Gasteiger partial charge in [0.15, 0.2) is 6.17 Å². The minimum atomic E-state index is -4.31. The van der Waals surface area contributed by atoms with Gasteiger partial charge in [-0.25, -0.2) is 26.3 Å². The highest BCUT2D eigenvalue weighted by molar-refractivity contribution is 7.80. The maximum absolute atomic E-state index is 15.2. The molecule has 0 aromatic carbocycles. The van der Waals surface area contributed by atoms with Crippen molar-refractivity contribution in [2.24, 2.45) is 29.6 Å². The number of halogens is 8. The molecule has 0 bridgehead atoms. The molecule has 204 valence electrons. The molecule has 0 aliphatic heterocycles. The van der Waals surface area contributed by atoms with E-state index in [1.54, 1.807) is 0 Å². The Kier molecular flexibility index (Phi) is 8.92. The normalized spacial score (nSPS) is 50.1. The molecule has 0 heterocycles. The second-order valence-corrected chi connectivity index (χ2v) is 12.1. The van der Waals surface area contributed by atoms with Crippen LogP contribution >= 0.6 is 12.6 Å². The van der Waals surface area contributed by atoms with Gasteiger partial charge in [0.25, 0.3) is 0 Å². The first-order chi connectivity index (χ1) is 16.5. The first-order valence-corrected chi connectivity index (χ1v) is 13.6. The lowest BCUT2D eigenvalue weighted by Crippen LogP contribution is -2.52. The Morgan fingerprint density at radius 3 is 1.63 bits per heavy atom. The molecule has 0 aromatic rings. The highest BCUT2D eigenvalue weighted by atomic mass is 32.1. The van der Waals surface area contributed by atoms with E-state index >= 15 is 4.39 Å². The molecule has 0 N–H and O–H groups in total. The topological polar surface area (TPSA) is 9.23 Å². The van der Waals surface area contributed by atoms with Crippen LogP contribution in [0.2, 0.25) is 0 Å². The molecular weight excluding hydrogens is 500 g/mol. The molecule has 0 amide bonds. The molecule has 4 rings (SSSR count). The molecule has 1 nitrogen and oxygen atoms in total. The van der Waals surface area contributed by atoms with E-state index in [0.29, 0.717) is 24.0 Å². The second-order valence-electron chi connectivity index (χ2n) is 11.4. The molecule has 4 fully saturated rings. The average Bonchev–Trinajstić information content (AvgIpc) is 2.76. The third-order valence-electron chi connectivity index (χ3n) is 9.09. The van der Waals surface area contributed by atoms with E-state index in [9.17, 15) is 30.7 Å². The van der Waals surface area contributed by atoms with Crippen LogP contribution in [0, 0.1) is 29.6 Å². The minimum Gasteiger partial charge on any atom is -0.317 e. The number of thiol groups is 1. The lowest BCUT2D eigenvalue weighted by Gasteiger charge is -2.45. The van der Waals surface area contributed by atoms with E-state index < -0.39 is 92.7 Å². The first kappa shape index (κ1) is 27.8. The summed E-state index contributed by atoms with van der Waals surface area (Å²) in [6.07, 6.45) is -15.6. The van der Waals surface area contributed by atoms with Gasteiger partial charge in [-0.15, -0.1) is 0 Å². The summed E-state index contributed by atoms with van der Waals surface area (Å²) >= 11 is 4.50. The van der Waals surface area contributed by atoms with E-state index in [0.717, 1.165) is 32.1 Å². The zero-order chi connectivity index (χ0) is 25.5. The van der Waals surface area contributed by atoms with Crippen LogP contribution in [0.1, 0.15) is 70.6 Å². The van der Waals surface area contributed by atoms with Crippen molar-refractivity contribution in [3.05, 3.63) is 0 Å². The van der Waals surface area contributed by atoms with Crippen molar-refractivity contribution in [3.63, 3.8) is 0 Å². The first-order valence-electron chi connectivity index (χ1n) is 13.0. The third kappa shape index (κ3) is 6.26. The van der Waals surface area contributed by atoms with Crippen LogP contribution in [-0.2, 0) is 4.74 Å². The van der Waals surface area contributed by atoms with Gasteiger partial charge >= 0.3 is 6.11 Å². The zero-order valence-corrected chi connectivity index (χ0v) is 20.6. The van der Waals surface area contributed by atoms with Gasteiger partial charge in [-0.3, -0.25) is 0 Å². The second kappa shape index (κ2) is 11.2. The Bertz CT molecular complexity index is 668. The van der Waals surface area contributed by atoms with Crippen LogP contribution in [0.3, 0.4) is 0 Å². The van der Waals surface area contributed by atoms with Crippen molar-refractivity contribution in [1.82, 2.24) is 0 Å². The third-order valence-corrected chi connectivity index (χ3v) is 9.61. The average molecular weight is 537 g/mol. The van der Waals surface area contributed by atoms with E-state index in [-0.39, 0.29) is 5.92 Å². The van der Waals surface area contributed by atoms with E-state index in [1.807, 2.05) is 0 Å². The summed E-state index contributed by atoms with van der Waals surface area (Å²) in [5.74, 6) is -3.03. The highest BCUT2D eigenvalue weighted by Gasteiger charge is 2.57. The fourth-order valence-electron chi connectivity index (χ4n) is 7.15. The van der Waals surface area contributed by atoms with Gasteiger partial charge in [-0.2, -0.15) is 21.4 Å². The summed E-state index contributed by atoms with van der Waals surface area (Å²) in [5.41, 5.74) is 0. The SMILES string of the molecule is FC1CC(OC(F)(F)C2C(F)CC(C3CCC(C4CCC(S)CC4)CC3F)CC2F)CC(F)C1F. The quantitative estimate of drug-likeness (QED) is 0.280. The molecule has 7 atom stereocenters. The summed E-state index contributed by atoms with van der Waals surface area (Å²) in [6, 6.07) is 0. The number of ether oxygens (including phenoxy) is 1. The smallest absolute Gasteiger partial charge is 0.317 e.